The number of rotatable bonds is 4. The molecule has 7 nitrogen and oxygen atoms in total. The number of fused-ring (bicyclic) bond motifs is 1. The summed E-state index contributed by atoms with van der Waals surface area (Å²) in [6, 6.07) is 11.6. The third kappa shape index (κ3) is 2.32. The second-order valence-electron chi connectivity index (χ2n) is 4.69. The van der Waals surface area contributed by atoms with Gasteiger partial charge in [-0.1, -0.05) is 18.2 Å². The topological polar surface area (TPSA) is 87.5 Å². The molecule has 3 aromatic rings. The van der Waals surface area contributed by atoms with Crippen LogP contribution in [0.4, 0.5) is 5.69 Å². The maximum Gasteiger partial charge on any atom is 0.420 e. The van der Waals surface area contributed by atoms with Gasteiger partial charge in [0.25, 0.3) is 0 Å². The van der Waals surface area contributed by atoms with Crippen molar-refractivity contribution in [1.82, 2.24) is 4.57 Å². The van der Waals surface area contributed by atoms with Crippen molar-refractivity contribution in [3.05, 3.63) is 68.7 Å². The number of ether oxygens (including phenoxy) is 1. The van der Waals surface area contributed by atoms with E-state index in [1.165, 1.54) is 23.8 Å². The molecule has 0 aliphatic rings. The zero-order valence-corrected chi connectivity index (χ0v) is 11.7. The fourth-order valence-electron chi connectivity index (χ4n) is 2.32. The summed E-state index contributed by atoms with van der Waals surface area (Å²) in [5.74, 6) is -0.321. The lowest BCUT2D eigenvalue weighted by atomic mass is 10.2. The molecule has 3 rings (SSSR count). The number of nitrogens with zero attached hydrogens (tertiary/aromatic N) is 2. The van der Waals surface area contributed by atoms with Crippen LogP contribution in [-0.4, -0.2) is 16.6 Å². The first-order valence-corrected chi connectivity index (χ1v) is 6.50. The van der Waals surface area contributed by atoms with E-state index in [4.69, 9.17) is 9.15 Å². The van der Waals surface area contributed by atoms with Crippen molar-refractivity contribution in [2.45, 2.75) is 6.54 Å². The first-order chi connectivity index (χ1) is 10.6. The van der Waals surface area contributed by atoms with Gasteiger partial charge in [0.15, 0.2) is 11.3 Å². The minimum atomic E-state index is -0.515. The van der Waals surface area contributed by atoms with E-state index in [0.717, 1.165) is 0 Å². The summed E-state index contributed by atoms with van der Waals surface area (Å²) in [4.78, 5) is 22.5. The summed E-state index contributed by atoms with van der Waals surface area (Å²) < 4.78 is 11.5. The van der Waals surface area contributed by atoms with Crippen molar-refractivity contribution >= 4 is 16.8 Å². The van der Waals surface area contributed by atoms with Gasteiger partial charge in [-0.2, -0.15) is 0 Å². The third-order valence-corrected chi connectivity index (χ3v) is 3.35. The first-order valence-electron chi connectivity index (χ1n) is 6.50. The van der Waals surface area contributed by atoms with Crippen LogP contribution in [0.1, 0.15) is 5.56 Å². The van der Waals surface area contributed by atoms with Gasteiger partial charge in [-0.05, 0) is 23.8 Å². The number of hydrogen-bond donors (Lipinski definition) is 0. The molecule has 0 bridgehead atoms. The molecule has 22 heavy (non-hydrogen) atoms. The van der Waals surface area contributed by atoms with Gasteiger partial charge in [-0.3, -0.25) is 14.7 Å². The number of nitro benzene ring substituents is 1. The smallest absolute Gasteiger partial charge is 0.420 e. The number of nitro groups is 1. The van der Waals surface area contributed by atoms with Gasteiger partial charge in [-0.15, -0.1) is 0 Å². The van der Waals surface area contributed by atoms with Crippen molar-refractivity contribution in [2.24, 2.45) is 0 Å². The monoisotopic (exact) mass is 300 g/mol. The molecule has 0 fully saturated rings. The largest absolute Gasteiger partial charge is 0.490 e. The van der Waals surface area contributed by atoms with Crippen LogP contribution in [-0.2, 0) is 6.54 Å². The van der Waals surface area contributed by atoms with Crippen LogP contribution >= 0.6 is 0 Å². The molecular formula is C15H12N2O5. The molecule has 1 aromatic heterocycles. The lowest BCUT2D eigenvalue weighted by Gasteiger charge is -2.05. The number of para-hydroxylation sites is 2. The van der Waals surface area contributed by atoms with E-state index in [1.54, 1.807) is 30.3 Å². The molecule has 7 heteroatoms. The minimum Gasteiger partial charge on any atom is -0.490 e. The van der Waals surface area contributed by atoms with Gasteiger partial charge >= 0.3 is 11.4 Å². The molecule has 0 aliphatic heterocycles. The molecule has 1 heterocycles. The second-order valence-corrected chi connectivity index (χ2v) is 4.69. The van der Waals surface area contributed by atoms with Gasteiger partial charge in [0.1, 0.15) is 0 Å². The molecule has 0 N–H and O–H groups in total. The zero-order valence-electron chi connectivity index (χ0n) is 11.7. The first kappa shape index (κ1) is 13.9. The summed E-state index contributed by atoms with van der Waals surface area (Å²) in [5.41, 5.74) is 1.60. The van der Waals surface area contributed by atoms with Crippen LogP contribution in [0.3, 0.4) is 0 Å². The van der Waals surface area contributed by atoms with Gasteiger partial charge < -0.3 is 9.15 Å². The lowest BCUT2D eigenvalue weighted by molar-refractivity contribution is -0.385. The van der Waals surface area contributed by atoms with Crippen LogP contribution in [0.15, 0.2) is 51.7 Å². The Morgan fingerprint density at radius 2 is 2.05 bits per heavy atom. The fraction of sp³-hybridized carbons (Fsp3) is 0.133. The van der Waals surface area contributed by atoms with Crippen LogP contribution in [0.5, 0.6) is 5.75 Å². The van der Waals surface area contributed by atoms with Crippen molar-refractivity contribution in [3.8, 4) is 5.75 Å². The average molecular weight is 300 g/mol. The van der Waals surface area contributed by atoms with Crippen molar-refractivity contribution in [2.75, 3.05) is 7.11 Å². The molecule has 0 saturated heterocycles. The van der Waals surface area contributed by atoms with Crippen LogP contribution < -0.4 is 10.5 Å². The summed E-state index contributed by atoms with van der Waals surface area (Å²) in [7, 11) is 1.37. The van der Waals surface area contributed by atoms with E-state index in [2.05, 4.69) is 0 Å². The molecule has 0 amide bonds. The Kier molecular flexibility index (Phi) is 3.38. The summed E-state index contributed by atoms with van der Waals surface area (Å²) in [6.07, 6.45) is 0. The van der Waals surface area contributed by atoms with E-state index in [9.17, 15) is 14.9 Å². The quantitative estimate of drug-likeness (QED) is 0.546. The molecule has 112 valence electrons. The highest BCUT2D eigenvalue weighted by molar-refractivity contribution is 5.72. The second kappa shape index (κ2) is 5.36. The summed E-state index contributed by atoms with van der Waals surface area (Å²) in [5, 5.41) is 11.1. The molecule has 0 aliphatic carbocycles. The molecule has 0 atom stereocenters. The van der Waals surface area contributed by atoms with E-state index in [1.807, 2.05) is 0 Å². The number of aromatic nitrogens is 1. The van der Waals surface area contributed by atoms with Crippen LogP contribution in [0.2, 0.25) is 0 Å². The normalized spacial score (nSPS) is 10.8. The third-order valence-electron chi connectivity index (χ3n) is 3.35. The Morgan fingerprint density at radius 1 is 1.27 bits per heavy atom. The predicted octanol–water partition coefficient (Wildman–Crippen LogP) is 2.56. The van der Waals surface area contributed by atoms with Gasteiger partial charge in [0, 0.05) is 6.07 Å². The number of hydrogen-bond acceptors (Lipinski definition) is 5. The standard InChI is InChI=1S/C15H12N2O5/c1-21-13-7-6-10(8-12(13)17(19)20)9-16-11-4-2-3-5-14(11)22-15(16)18/h2-8H,9H2,1H3. The summed E-state index contributed by atoms with van der Waals surface area (Å²) >= 11 is 0. The number of benzene rings is 2. The minimum absolute atomic E-state index is 0.138. The van der Waals surface area contributed by atoms with E-state index < -0.39 is 10.7 Å². The molecule has 0 spiro atoms. The van der Waals surface area contributed by atoms with Crippen LogP contribution in [0.25, 0.3) is 11.1 Å². The lowest BCUT2D eigenvalue weighted by Crippen LogP contribution is -2.15. The van der Waals surface area contributed by atoms with Crippen molar-refractivity contribution < 1.29 is 14.1 Å². The summed E-state index contributed by atoms with van der Waals surface area (Å²) in [6.45, 7) is 0.181. The molecule has 2 aromatic carbocycles. The molecule has 0 unspecified atom stereocenters. The van der Waals surface area contributed by atoms with Crippen molar-refractivity contribution in [1.29, 1.82) is 0 Å². The molecule has 0 radical (unpaired) electrons. The predicted molar refractivity (Wildman–Crippen MR) is 79.2 cm³/mol. The maximum absolute atomic E-state index is 11.9. The Balaban J connectivity index is 2.05. The Bertz CT molecular complexity index is 910. The highest BCUT2D eigenvalue weighted by atomic mass is 16.6. The SMILES string of the molecule is COc1ccc(Cn2c(=O)oc3ccccc32)cc1[N+](=O)[O-]. The maximum atomic E-state index is 11.9. The van der Waals surface area contributed by atoms with E-state index in [0.29, 0.717) is 16.7 Å². The van der Waals surface area contributed by atoms with Gasteiger partial charge in [0.05, 0.1) is 24.1 Å². The molecular weight excluding hydrogens is 288 g/mol. The molecule has 0 saturated carbocycles. The Hall–Kier alpha value is -3.09. The fourth-order valence-corrected chi connectivity index (χ4v) is 2.32. The van der Waals surface area contributed by atoms with Crippen molar-refractivity contribution in [3.63, 3.8) is 0 Å². The Morgan fingerprint density at radius 3 is 2.77 bits per heavy atom. The highest BCUT2D eigenvalue weighted by Gasteiger charge is 2.16. The van der Waals surface area contributed by atoms with E-state index in [-0.39, 0.29) is 18.0 Å². The van der Waals surface area contributed by atoms with E-state index >= 15 is 0 Å². The number of methoxy groups -OCH3 is 1. The average Bonchev–Trinajstić information content (AvgIpc) is 2.83. The van der Waals surface area contributed by atoms with Gasteiger partial charge in [-0.25, -0.2) is 4.79 Å². The van der Waals surface area contributed by atoms with Crippen LogP contribution in [0, 0.1) is 10.1 Å². The van der Waals surface area contributed by atoms with Gasteiger partial charge in [0.2, 0.25) is 0 Å². The highest BCUT2D eigenvalue weighted by Crippen LogP contribution is 2.28. The Labute approximate surface area is 124 Å². The zero-order chi connectivity index (χ0) is 15.7. The number of oxazole rings is 1.